The average Bonchev–Trinajstić information content (AvgIpc) is 2.27. The van der Waals surface area contributed by atoms with Crippen LogP contribution in [0.2, 0.25) is 0 Å². The molecule has 0 saturated heterocycles. The number of carbonyl (C=O) groups is 1. The maximum Gasteiger partial charge on any atom is 0.364 e. The lowest BCUT2D eigenvalue weighted by molar-refractivity contribution is -0.394. The smallest absolute Gasteiger partial charge is 0.364 e. The summed E-state index contributed by atoms with van der Waals surface area (Å²) in [7, 11) is 0. The molecule has 0 radical (unpaired) electrons. The summed E-state index contributed by atoms with van der Waals surface area (Å²) in [5.74, 6) is -1.93. The number of alkyl halides is 3. The second kappa shape index (κ2) is 5.55. The van der Waals surface area contributed by atoms with E-state index in [1.54, 1.807) is 0 Å². The van der Waals surface area contributed by atoms with Crippen molar-refractivity contribution in [3.8, 4) is 5.75 Å². The lowest BCUT2D eigenvalue weighted by Crippen LogP contribution is -2.25. The third kappa shape index (κ3) is 3.91. The van der Waals surface area contributed by atoms with Crippen LogP contribution in [0, 0.1) is 20.2 Å². The van der Waals surface area contributed by atoms with Crippen LogP contribution in [0.25, 0.3) is 0 Å². The van der Waals surface area contributed by atoms with Crippen molar-refractivity contribution in [3.05, 3.63) is 38.4 Å². The first-order chi connectivity index (χ1) is 8.62. The quantitative estimate of drug-likeness (QED) is 0.277. The fourth-order valence-electron chi connectivity index (χ4n) is 1.01. The molecule has 102 valence electrons. The molecule has 0 unspecified atom stereocenters. The maximum atomic E-state index is 11.3. The van der Waals surface area contributed by atoms with Gasteiger partial charge in [0.2, 0.25) is 5.75 Å². The number of esters is 1. The molecule has 1 aromatic carbocycles. The van der Waals surface area contributed by atoms with Gasteiger partial charge in [0, 0.05) is 6.07 Å². The fraction of sp³-hybridized carbons (Fsp3) is 0.125. The second-order valence-electron chi connectivity index (χ2n) is 3.05. The summed E-state index contributed by atoms with van der Waals surface area (Å²) < 4.78 is 2.09. The minimum absolute atomic E-state index is 0.541. The third-order valence-electron chi connectivity index (χ3n) is 1.78. The van der Waals surface area contributed by atoms with Crippen LogP contribution in [-0.2, 0) is 4.79 Å². The number of nitrogens with zero attached hydrogens (tertiary/aromatic N) is 2. The van der Waals surface area contributed by atoms with Crippen LogP contribution < -0.4 is 4.74 Å². The standard InChI is InChI=1S/C8H3Cl3N2O6/c9-8(10,11)7(14)19-6-2-1-4(12(15)16)3-5(6)13(17)18/h1-3H. The van der Waals surface area contributed by atoms with Gasteiger partial charge < -0.3 is 4.74 Å². The van der Waals surface area contributed by atoms with Gasteiger partial charge in [-0.3, -0.25) is 20.2 Å². The van der Waals surface area contributed by atoms with E-state index in [4.69, 9.17) is 34.8 Å². The summed E-state index contributed by atoms with van der Waals surface area (Å²) >= 11 is 15.7. The molecular weight excluding hydrogens is 326 g/mol. The number of hydrogen-bond donors (Lipinski definition) is 0. The van der Waals surface area contributed by atoms with Crippen LogP contribution in [0.5, 0.6) is 5.75 Å². The maximum absolute atomic E-state index is 11.3. The molecule has 0 aliphatic carbocycles. The first kappa shape index (κ1) is 15.4. The summed E-state index contributed by atoms with van der Waals surface area (Å²) in [6, 6.07) is 2.40. The Kier molecular flexibility index (Phi) is 4.51. The molecule has 1 aromatic rings. The van der Waals surface area contributed by atoms with E-state index in [1.165, 1.54) is 0 Å². The van der Waals surface area contributed by atoms with Crippen LogP contribution in [0.1, 0.15) is 0 Å². The van der Waals surface area contributed by atoms with Gasteiger partial charge in [0.15, 0.2) is 0 Å². The molecule has 0 atom stereocenters. The van der Waals surface area contributed by atoms with Crippen molar-refractivity contribution in [3.63, 3.8) is 0 Å². The highest BCUT2D eigenvalue weighted by Gasteiger charge is 2.35. The molecule has 0 spiro atoms. The van der Waals surface area contributed by atoms with Crippen molar-refractivity contribution in [2.45, 2.75) is 3.79 Å². The Morgan fingerprint density at radius 3 is 2.16 bits per heavy atom. The topological polar surface area (TPSA) is 113 Å². The van der Waals surface area contributed by atoms with E-state index in [0.29, 0.717) is 6.07 Å². The highest BCUT2D eigenvalue weighted by Crippen LogP contribution is 2.34. The summed E-state index contributed by atoms with van der Waals surface area (Å²) in [6.45, 7) is 0. The molecule has 0 heterocycles. The molecule has 0 fully saturated rings. The van der Waals surface area contributed by atoms with Gasteiger partial charge in [-0.15, -0.1) is 0 Å². The van der Waals surface area contributed by atoms with Gasteiger partial charge in [0.25, 0.3) is 9.48 Å². The molecule has 1 rings (SSSR count). The molecule has 0 aromatic heterocycles. The van der Waals surface area contributed by atoms with Gasteiger partial charge >= 0.3 is 11.7 Å². The Morgan fingerprint density at radius 2 is 1.74 bits per heavy atom. The summed E-state index contributed by atoms with van der Waals surface area (Å²) in [5.41, 5.74) is -1.34. The first-order valence-corrected chi connectivity index (χ1v) is 5.48. The van der Waals surface area contributed by atoms with E-state index in [-0.39, 0.29) is 0 Å². The van der Waals surface area contributed by atoms with Crippen LogP contribution in [-0.4, -0.2) is 19.6 Å². The lowest BCUT2D eigenvalue weighted by atomic mass is 10.2. The summed E-state index contributed by atoms with van der Waals surface area (Å²) in [5, 5.41) is 21.2. The van der Waals surface area contributed by atoms with Crippen molar-refractivity contribution in [1.29, 1.82) is 0 Å². The number of nitro groups is 2. The van der Waals surface area contributed by atoms with Crippen molar-refractivity contribution in [2.75, 3.05) is 0 Å². The van der Waals surface area contributed by atoms with Gasteiger partial charge in [0.05, 0.1) is 15.9 Å². The number of nitro benzene ring substituents is 2. The number of hydrogen-bond acceptors (Lipinski definition) is 6. The monoisotopic (exact) mass is 328 g/mol. The Labute approximate surface area is 120 Å². The number of ether oxygens (including phenoxy) is 1. The van der Waals surface area contributed by atoms with E-state index in [1.807, 2.05) is 0 Å². The van der Waals surface area contributed by atoms with Crippen molar-refractivity contribution in [1.82, 2.24) is 0 Å². The number of carbonyl (C=O) groups excluding carboxylic acids is 1. The highest BCUT2D eigenvalue weighted by molar-refractivity contribution is 6.75. The molecule has 8 nitrogen and oxygen atoms in total. The largest absolute Gasteiger partial charge is 0.416 e. The first-order valence-electron chi connectivity index (χ1n) is 4.34. The molecule has 0 aliphatic heterocycles. The molecular formula is C8H3Cl3N2O6. The van der Waals surface area contributed by atoms with Crippen molar-refractivity contribution >= 4 is 52.1 Å². The Balaban J connectivity index is 3.18. The van der Waals surface area contributed by atoms with Crippen LogP contribution in [0.15, 0.2) is 18.2 Å². The zero-order valence-corrected chi connectivity index (χ0v) is 11.0. The van der Waals surface area contributed by atoms with Crippen LogP contribution >= 0.6 is 34.8 Å². The van der Waals surface area contributed by atoms with Gasteiger partial charge in [-0.1, -0.05) is 34.8 Å². The molecule has 19 heavy (non-hydrogen) atoms. The summed E-state index contributed by atoms with van der Waals surface area (Å²) in [6.07, 6.45) is 0. The lowest BCUT2D eigenvalue weighted by Gasteiger charge is -2.10. The number of benzene rings is 1. The van der Waals surface area contributed by atoms with E-state index < -0.39 is 36.7 Å². The highest BCUT2D eigenvalue weighted by atomic mass is 35.6. The molecule has 11 heteroatoms. The molecule has 0 amide bonds. The van der Waals surface area contributed by atoms with E-state index in [9.17, 15) is 25.0 Å². The van der Waals surface area contributed by atoms with E-state index >= 15 is 0 Å². The second-order valence-corrected chi connectivity index (χ2v) is 5.33. The normalized spacial score (nSPS) is 10.9. The molecule has 0 bridgehead atoms. The number of halogens is 3. The molecule has 0 saturated carbocycles. The van der Waals surface area contributed by atoms with Gasteiger partial charge in [-0.2, -0.15) is 0 Å². The zero-order chi connectivity index (χ0) is 14.8. The van der Waals surface area contributed by atoms with Gasteiger partial charge in [0.1, 0.15) is 0 Å². The predicted molar refractivity (Wildman–Crippen MR) is 65.7 cm³/mol. The minimum Gasteiger partial charge on any atom is -0.416 e. The van der Waals surface area contributed by atoms with Crippen molar-refractivity contribution < 1.29 is 19.4 Å². The minimum atomic E-state index is -2.42. The SMILES string of the molecule is O=C(Oc1ccc([N+](=O)[O-])cc1[N+](=O)[O-])C(Cl)(Cl)Cl. The van der Waals surface area contributed by atoms with Gasteiger partial charge in [-0.05, 0) is 6.07 Å². The van der Waals surface area contributed by atoms with Gasteiger partial charge in [-0.25, -0.2) is 4.79 Å². The Hall–Kier alpha value is -1.64. The van der Waals surface area contributed by atoms with Crippen LogP contribution in [0.4, 0.5) is 11.4 Å². The molecule has 0 aliphatic rings. The Morgan fingerprint density at radius 1 is 1.16 bits per heavy atom. The summed E-state index contributed by atoms with van der Waals surface area (Å²) in [4.78, 5) is 30.6. The predicted octanol–water partition coefficient (Wildman–Crippen LogP) is 2.78. The average molecular weight is 329 g/mol. The van der Waals surface area contributed by atoms with Crippen LogP contribution in [0.3, 0.4) is 0 Å². The third-order valence-corrected chi connectivity index (χ3v) is 2.25. The van der Waals surface area contributed by atoms with Crippen molar-refractivity contribution in [2.24, 2.45) is 0 Å². The number of non-ortho nitro benzene ring substituents is 1. The number of rotatable bonds is 3. The van der Waals surface area contributed by atoms with E-state index in [2.05, 4.69) is 4.74 Å². The zero-order valence-electron chi connectivity index (χ0n) is 8.71. The van der Waals surface area contributed by atoms with E-state index in [0.717, 1.165) is 12.1 Å². The molecule has 0 N–H and O–H groups in total. The Bertz CT molecular complexity index is 556. The fourth-order valence-corrected chi connectivity index (χ4v) is 1.12.